The van der Waals surface area contributed by atoms with Gasteiger partial charge in [-0.3, -0.25) is 14.6 Å². The SMILES string of the molecule is CC1(C)CC(=O)C2=C(C1)N=C1c3ccccc3C(=O)[C@@H]1[C@@H]2c1ccc(Br)cc1. The molecule has 2 aromatic rings. The molecule has 0 N–H and O–H groups in total. The molecule has 3 aliphatic rings. The van der Waals surface area contributed by atoms with E-state index in [9.17, 15) is 9.59 Å². The van der Waals surface area contributed by atoms with Crippen LogP contribution in [-0.2, 0) is 4.79 Å². The van der Waals surface area contributed by atoms with Crippen molar-refractivity contribution in [1.82, 2.24) is 0 Å². The van der Waals surface area contributed by atoms with Gasteiger partial charge in [0, 0.05) is 39.2 Å². The van der Waals surface area contributed by atoms with Gasteiger partial charge in [-0.1, -0.05) is 66.2 Å². The molecule has 0 saturated heterocycles. The fraction of sp³-hybridized carbons (Fsp3) is 0.292. The van der Waals surface area contributed by atoms with Crippen LogP contribution in [0.5, 0.6) is 0 Å². The highest BCUT2D eigenvalue weighted by molar-refractivity contribution is 9.10. The lowest BCUT2D eigenvalue weighted by Crippen LogP contribution is -2.37. The number of ketones is 2. The smallest absolute Gasteiger partial charge is 0.173 e. The minimum Gasteiger partial charge on any atom is -0.294 e. The number of hydrogen-bond acceptors (Lipinski definition) is 3. The van der Waals surface area contributed by atoms with Crippen LogP contribution in [0.25, 0.3) is 0 Å². The van der Waals surface area contributed by atoms with Crippen LogP contribution < -0.4 is 0 Å². The second-order valence-corrected chi connectivity index (χ2v) is 9.63. The van der Waals surface area contributed by atoms with Crippen LogP contribution in [0, 0.1) is 11.3 Å². The fourth-order valence-corrected chi connectivity index (χ4v) is 5.18. The van der Waals surface area contributed by atoms with Gasteiger partial charge in [0.05, 0.1) is 11.6 Å². The van der Waals surface area contributed by atoms with E-state index >= 15 is 0 Å². The molecule has 1 aliphatic heterocycles. The minimum atomic E-state index is -0.414. The van der Waals surface area contributed by atoms with Crippen molar-refractivity contribution >= 4 is 33.2 Å². The molecule has 0 amide bonds. The van der Waals surface area contributed by atoms with E-state index in [1.54, 1.807) is 0 Å². The second-order valence-electron chi connectivity index (χ2n) is 8.72. The molecule has 0 fully saturated rings. The van der Waals surface area contributed by atoms with Crippen LogP contribution in [0.4, 0.5) is 0 Å². The number of hydrogen-bond donors (Lipinski definition) is 0. The first kappa shape index (κ1) is 17.7. The number of rotatable bonds is 1. The maximum Gasteiger partial charge on any atom is 0.173 e. The molecule has 2 aliphatic carbocycles. The number of carbonyl (C=O) groups excluding carboxylic acids is 2. The molecule has 2 atom stereocenters. The summed E-state index contributed by atoms with van der Waals surface area (Å²) >= 11 is 3.49. The van der Waals surface area contributed by atoms with Crippen LogP contribution in [0.15, 0.2) is 69.3 Å². The zero-order valence-corrected chi connectivity index (χ0v) is 17.4. The van der Waals surface area contributed by atoms with E-state index in [4.69, 9.17) is 4.99 Å². The van der Waals surface area contributed by atoms with Crippen LogP contribution in [-0.4, -0.2) is 17.3 Å². The van der Waals surface area contributed by atoms with E-state index in [2.05, 4.69) is 29.8 Å². The largest absolute Gasteiger partial charge is 0.294 e. The highest BCUT2D eigenvalue weighted by atomic mass is 79.9. The van der Waals surface area contributed by atoms with E-state index in [1.807, 2.05) is 48.5 Å². The summed E-state index contributed by atoms with van der Waals surface area (Å²) in [5, 5.41) is 0. The number of Topliss-reactive ketones (excluding diaryl/α,β-unsaturated/α-hetero) is 2. The standard InChI is InChI=1S/C24H20BrNO2/c1-24(2)11-17-20(18(27)12-24)19(13-7-9-14(25)10-8-13)21-22(26-17)15-5-3-4-6-16(15)23(21)28/h3-10,19,21H,11-12H2,1-2H3/t19-,21-/m1/s1. The Morgan fingerprint density at radius 3 is 2.32 bits per heavy atom. The van der Waals surface area contributed by atoms with Gasteiger partial charge in [0.15, 0.2) is 11.6 Å². The summed E-state index contributed by atoms with van der Waals surface area (Å²) in [6.07, 6.45) is 1.26. The Bertz CT molecular complexity index is 1090. The predicted molar refractivity (Wildman–Crippen MR) is 113 cm³/mol. The summed E-state index contributed by atoms with van der Waals surface area (Å²) in [6, 6.07) is 15.7. The summed E-state index contributed by atoms with van der Waals surface area (Å²) in [5.41, 5.74) is 4.97. The maximum absolute atomic E-state index is 13.4. The van der Waals surface area contributed by atoms with Gasteiger partial charge in [-0.2, -0.15) is 0 Å². The van der Waals surface area contributed by atoms with Crippen LogP contribution in [0.1, 0.15) is 54.1 Å². The third-order valence-corrected chi connectivity index (χ3v) is 6.60. The zero-order chi connectivity index (χ0) is 19.6. The summed E-state index contributed by atoms with van der Waals surface area (Å²) < 4.78 is 0.979. The lowest BCUT2D eigenvalue weighted by atomic mass is 9.66. The zero-order valence-electron chi connectivity index (χ0n) is 15.8. The van der Waals surface area contributed by atoms with Crippen molar-refractivity contribution in [2.45, 2.75) is 32.6 Å². The summed E-state index contributed by atoms with van der Waals surface area (Å²) in [4.78, 5) is 31.5. The van der Waals surface area contributed by atoms with Crippen LogP contribution in [0.2, 0.25) is 0 Å². The van der Waals surface area contributed by atoms with Gasteiger partial charge in [0.25, 0.3) is 0 Å². The minimum absolute atomic E-state index is 0.0754. The molecule has 2 aromatic carbocycles. The van der Waals surface area contributed by atoms with E-state index < -0.39 is 5.92 Å². The van der Waals surface area contributed by atoms with Crippen molar-refractivity contribution in [2.75, 3.05) is 0 Å². The first-order valence-electron chi connectivity index (χ1n) is 9.60. The maximum atomic E-state index is 13.4. The van der Waals surface area contributed by atoms with E-state index in [0.29, 0.717) is 6.42 Å². The number of carbonyl (C=O) groups is 2. The van der Waals surface area contributed by atoms with Gasteiger partial charge >= 0.3 is 0 Å². The topological polar surface area (TPSA) is 46.5 Å². The Balaban J connectivity index is 1.76. The lowest BCUT2D eigenvalue weighted by molar-refractivity contribution is -0.118. The van der Waals surface area contributed by atoms with E-state index in [0.717, 1.165) is 44.6 Å². The normalized spacial score (nSPS) is 25.2. The average molecular weight is 434 g/mol. The van der Waals surface area contributed by atoms with Gasteiger partial charge < -0.3 is 0 Å². The van der Waals surface area contributed by atoms with E-state index in [-0.39, 0.29) is 22.9 Å². The Hall–Kier alpha value is -2.33. The molecule has 4 heteroatoms. The molecule has 5 rings (SSSR count). The molecular weight excluding hydrogens is 414 g/mol. The third kappa shape index (κ3) is 2.58. The monoisotopic (exact) mass is 433 g/mol. The predicted octanol–water partition coefficient (Wildman–Crippen LogP) is 5.49. The summed E-state index contributed by atoms with van der Waals surface area (Å²) in [6.45, 7) is 4.23. The number of halogens is 1. The Morgan fingerprint density at radius 1 is 0.929 bits per heavy atom. The molecule has 0 spiro atoms. The summed E-state index contributed by atoms with van der Waals surface area (Å²) in [5.74, 6) is -0.473. The molecule has 3 nitrogen and oxygen atoms in total. The Morgan fingerprint density at radius 2 is 1.61 bits per heavy atom. The molecule has 0 bridgehead atoms. The lowest BCUT2D eigenvalue weighted by Gasteiger charge is -2.38. The number of nitrogens with zero attached hydrogens (tertiary/aromatic N) is 1. The second kappa shape index (κ2) is 6.08. The van der Waals surface area contributed by atoms with Crippen LogP contribution >= 0.6 is 15.9 Å². The highest BCUT2D eigenvalue weighted by Gasteiger charge is 2.50. The third-order valence-electron chi connectivity index (χ3n) is 6.07. The van der Waals surface area contributed by atoms with Gasteiger partial charge in [-0.25, -0.2) is 0 Å². The molecule has 0 radical (unpaired) electrons. The fourth-order valence-electron chi connectivity index (χ4n) is 4.92. The van der Waals surface area contributed by atoms with E-state index in [1.165, 1.54) is 0 Å². The van der Waals surface area contributed by atoms with Gasteiger partial charge in [-0.15, -0.1) is 0 Å². The Kier molecular flexibility index (Phi) is 3.86. The van der Waals surface area contributed by atoms with Gasteiger partial charge in [0.2, 0.25) is 0 Å². The first-order chi connectivity index (χ1) is 13.4. The van der Waals surface area contributed by atoms with Crippen molar-refractivity contribution in [1.29, 1.82) is 0 Å². The molecule has 0 unspecified atom stereocenters. The quantitative estimate of drug-likeness (QED) is 0.596. The van der Waals surface area contributed by atoms with Crippen molar-refractivity contribution < 1.29 is 9.59 Å². The van der Waals surface area contributed by atoms with Gasteiger partial charge in [0.1, 0.15) is 0 Å². The number of aliphatic imine (C=N–C) groups is 1. The average Bonchev–Trinajstić information content (AvgIpc) is 2.93. The molecule has 28 heavy (non-hydrogen) atoms. The van der Waals surface area contributed by atoms with Crippen molar-refractivity contribution in [2.24, 2.45) is 16.3 Å². The van der Waals surface area contributed by atoms with Crippen molar-refractivity contribution in [3.63, 3.8) is 0 Å². The van der Waals surface area contributed by atoms with Crippen molar-refractivity contribution in [3.05, 3.63) is 81.0 Å². The molecule has 140 valence electrons. The number of benzene rings is 2. The van der Waals surface area contributed by atoms with Gasteiger partial charge in [-0.05, 0) is 29.5 Å². The molecular formula is C24H20BrNO2. The van der Waals surface area contributed by atoms with Crippen LogP contribution in [0.3, 0.4) is 0 Å². The number of allylic oxidation sites excluding steroid dienone is 2. The summed E-state index contributed by atoms with van der Waals surface area (Å²) in [7, 11) is 0. The molecule has 1 heterocycles. The molecule has 0 aromatic heterocycles. The highest BCUT2D eigenvalue weighted by Crippen LogP contribution is 2.51. The Labute approximate surface area is 172 Å². The van der Waals surface area contributed by atoms with Crippen molar-refractivity contribution in [3.8, 4) is 0 Å². The first-order valence-corrected chi connectivity index (χ1v) is 10.4. The number of fused-ring (bicyclic) bond motifs is 3. The molecule has 0 saturated carbocycles.